The monoisotopic (exact) mass is 351 g/mol. The predicted molar refractivity (Wildman–Crippen MR) is 82.2 cm³/mol. The molecule has 0 bridgehead atoms. The zero-order chi connectivity index (χ0) is 14.8. The standard InChI is InChI=1S/C16H15BrFNO2/c17-13-9-12(18)3-1-10(13)7-14(19)11-2-4-15-16(8-11)21-6-5-20-15/h1-4,8-9,14H,5-7,19H2. The molecule has 0 spiro atoms. The zero-order valence-electron chi connectivity index (χ0n) is 11.3. The van der Waals surface area contributed by atoms with Gasteiger partial charge in [0, 0.05) is 10.5 Å². The normalized spacial score (nSPS) is 14.8. The van der Waals surface area contributed by atoms with E-state index in [-0.39, 0.29) is 11.9 Å². The first-order chi connectivity index (χ1) is 10.1. The minimum Gasteiger partial charge on any atom is -0.486 e. The predicted octanol–water partition coefficient (Wildman–Crippen LogP) is 3.60. The van der Waals surface area contributed by atoms with E-state index in [2.05, 4.69) is 15.9 Å². The van der Waals surface area contributed by atoms with Gasteiger partial charge in [0.2, 0.25) is 0 Å². The lowest BCUT2D eigenvalue weighted by Crippen LogP contribution is -2.17. The van der Waals surface area contributed by atoms with Gasteiger partial charge in [-0.1, -0.05) is 28.1 Å². The number of nitrogens with two attached hydrogens (primary N) is 1. The van der Waals surface area contributed by atoms with Crippen molar-refractivity contribution in [1.82, 2.24) is 0 Å². The molecule has 21 heavy (non-hydrogen) atoms. The van der Waals surface area contributed by atoms with E-state index in [9.17, 15) is 4.39 Å². The summed E-state index contributed by atoms with van der Waals surface area (Å²) in [5.41, 5.74) is 8.20. The van der Waals surface area contributed by atoms with Crippen molar-refractivity contribution >= 4 is 15.9 Å². The van der Waals surface area contributed by atoms with Gasteiger partial charge in [0.15, 0.2) is 11.5 Å². The molecule has 1 atom stereocenters. The van der Waals surface area contributed by atoms with Crippen LogP contribution in [0.1, 0.15) is 17.2 Å². The molecule has 0 aliphatic carbocycles. The summed E-state index contributed by atoms with van der Waals surface area (Å²) >= 11 is 3.37. The summed E-state index contributed by atoms with van der Waals surface area (Å²) in [7, 11) is 0. The molecule has 5 heteroatoms. The van der Waals surface area contributed by atoms with Gasteiger partial charge in [-0.3, -0.25) is 0 Å². The molecule has 1 aliphatic heterocycles. The van der Waals surface area contributed by atoms with Crippen LogP contribution in [0.25, 0.3) is 0 Å². The van der Waals surface area contributed by atoms with Crippen LogP contribution in [0.5, 0.6) is 11.5 Å². The Balaban J connectivity index is 1.80. The van der Waals surface area contributed by atoms with E-state index in [1.807, 2.05) is 18.2 Å². The minimum atomic E-state index is -0.265. The van der Waals surface area contributed by atoms with Crippen molar-refractivity contribution in [3.63, 3.8) is 0 Å². The minimum absolute atomic E-state index is 0.192. The summed E-state index contributed by atoms with van der Waals surface area (Å²) in [6.45, 7) is 1.12. The van der Waals surface area contributed by atoms with Crippen LogP contribution in [0.2, 0.25) is 0 Å². The van der Waals surface area contributed by atoms with Gasteiger partial charge in [0.05, 0.1) is 0 Å². The zero-order valence-corrected chi connectivity index (χ0v) is 12.9. The molecule has 2 aromatic rings. The third-order valence-electron chi connectivity index (χ3n) is 3.45. The topological polar surface area (TPSA) is 44.5 Å². The van der Waals surface area contributed by atoms with Gasteiger partial charge in [-0.15, -0.1) is 0 Å². The Labute approximate surface area is 131 Å². The van der Waals surface area contributed by atoms with Gasteiger partial charge in [0.1, 0.15) is 19.0 Å². The van der Waals surface area contributed by atoms with Gasteiger partial charge in [0.25, 0.3) is 0 Å². The second-order valence-electron chi connectivity index (χ2n) is 4.95. The first kappa shape index (κ1) is 14.4. The third kappa shape index (κ3) is 3.19. The summed E-state index contributed by atoms with van der Waals surface area (Å²) in [4.78, 5) is 0. The highest BCUT2D eigenvalue weighted by molar-refractivity contribution is 9.10. The molecular weight excluding hydrogens is 337 g/mol. The molecule has 1 aliphatic rings. The Bertz CT molecular complexity index is 663. The molecule has 0 aromatic heterocycles. The maximum atomic E-state index is 13.1. The van der Waals surface area contributed by atoms with Crippen LogP contribution in [0.4, 0.5) is 4.39 Å². The number of halogens is 2. The van der Waals surface area contributed by atoms with Gasteiger partial charge >= 0.3 is 0 Å². The Morgan fingerprint density at radius 2 is 1.86 bits per heavy atom. The fraction of sp³-hybridized carbons (Fsp3) is 0.250. The summed E-state index contributed by atoms with van der Waals surface area (Å²) in [6.07, 6.45) is 0.612. The van der Waals surface area contributed by atoms with Gasteiger partial charge in [-0.25, -0.2) is 4.39 Å². The Hall–Kier alpha value is -1.59. The lowest BCUT2D eigenvalue weighted by Gasteiger charge is -2.20. The van der Waals surface area contributed by atoms with E-state index in [0.29, 0.717) is 19.6 Å². The second kappa shape index (κ2) is 6.03. The van der Waals surface area contributed by atoms with Crippen LogP contribution >= 0.6 is 15.9 Å². The Kier molecular flexibility index (Phi) is 4.12. The highest BCUT2D eigenvalue weighted by atomic mass is 79.9. The Morgan fingerprint density at radius 3 is 2.62 bits per heavy atom. The highest BCUT2D eigenvalue weighted by Crippen LogP contribution is 2.33. The number of fused-ring (bicyclic) bond motifs is 1. The molecule has 0 fully saturated rings. The number of hydrogen-bond acceptors (Lipinski definition) is 3. The average Bonchev–Trinajstić information content (AvgIpc) is 2.49. The largest absolute Gasteiger partial charge is 0.486 e. The van der Waals surface area contributed by atoms with Crippen molar-refractivity contribution in [1.29, 1.82) is 0 Å². The molecule has 3 nitrogen and oxygen atoms in total. The summed E-state index contributed by atoms with van der Waals surface area (Å²) in [5, 5.41) is 0. The fourth-order valence-corrected chi connectivity index (χ4v) is 2.85. The number of hydrogen-bond donors (Lipinski definition) is 1. The van der Waals surface area contributed by atoms with Crippen molar-refractivity contribution in [3.05, 3.63) is 57.8 Å². The van der Waals surface area contributed by atoms with Crippen LogP contribution in [0, 0.1) is 5.82 Å². The van der Waals surface area contributed by atoms with Crippen molar-refractivity contribution in [2.24, 2.45) is 5.73 Å². The molecule has 1 unspecified atom stereocenters. The van der Waals surface area contributed by atoms with E-state index >= 15 is 0 Å². The van der Waals surface area contributed by atoms with Gasteiger partial charge < -0.3 is 15.2 Å². The van der Waals surface area contributed by atoms with Gasteiger partial charge in [-0.05, 0) is 41.8 Å². The fourth-order valence-electron chi connectivity index (χ4n) is 2.33. The Morgan fingerprint density at radius 1 is 1.10 bits per heavy atom. The number of benzene rings is 2. The van der Waals surface area contributed by atoms with E-state index in [1.54, 1.807) is 6.07 Å². The maximum Gasteiger partial charge on any atom is 0.161 e. The molecular formula is C16H15BrFNO2. The summed E-state index contributed by atoms with van der Waals surface area (Å²) in [5.74, 6) is 1.21. The van der Waals surface area contributed by atoms with Crippen LogP contribution in [0.3, 0.4) is 0 Å². The molecule has 3 rings (SSSR count). The SMILES string of the molecule is NC(Cc1ccc(F)cc1Br)c1ccc2c(c1)OCCO2. The smallest absolute Gasteiger partial charge is 0.161 e. The van der Waals surface area contributed by atoms with Crippen LogP contribution in [-0.4, -0.2) is 13.2 Å². The third-order valence-corrected chi connectivity index (χ3v) is 4.19. The van der Waals surface area contributed by atoms with Crippen molar-refractivity contribution < 1.29 is 13.9 Å². The van der Waals surface area contributed by atoms with Crippen LogP contribution < -0.4 is 15.2 Å². The van der Waals surface area contributed by atoms with Crippen molar-refractivity contribution in [2.45, 2.75) is 12.5 Å². The first-order valence-electron chi connectivity index (χ1n) is 6.72. The lowest BCUT2D eigenvalue weighted by atomic mass is 9.99. The molecule has 0 saturated heterocycles. The van der Waals surface area contributed by atoms with Crippen molar-refractivity contribution in [2.75, 3.05) is 13.2 Å². The van der Waals surface area contributed by atoms with Crippen LogP contribution in [-0.2, 0) is 6.42 Å². The first-order valence-corrected chi connectivity index (χ1v) is 7.52. The lowest BCUT2D eigenvalue weighted by molar-refractivity contribution is 0.171. The molecule has 110 valence electrons. The number of rotatable bonds is 3. The van der Waals surface area contributed by atoms with Crippen LogP contribution in [0.15, 0.2) is 40.9 Å². The highest BCUT2D eigenvalue weighted by Gasteiger charge is 2.16. The van der Waals surface area contributed by atoms with E-state index in [0.717, 1.165) is 27.1 Å². The van der Waals surface area contributed by atoms with E-state index in [4.69, 9.17) is 15.2 Å². The maximum absolute atomic E-state index is 13.1. The molecule has 2 aromatic carbocycles. The quantitative estimate of drug-likeness (QED) is 0.918. The average molecular weight is 352 g/mol. The van der Waals surface area contributed by atoms with Gasteiger partial charge in [-0.2, -0.15) is 0 Å². The molecule has 0 saturated carbocycles. The van der Waals surface area contributed by atoms with Crippen molar-refractivity contribution in [3.8, 4) is 11.5 Å². The number of ether oxygens (including phenoxy) is 2. The molecule has 0 amide bonds. The molecule has 1 heterocycles. The molecule has 0 radical (unpaired) electrons. The summed E-state index contributed by atoms with van der Waals surface area (Å²) in [6, 6.07) is 10.2. The van der Waals surface area contributed by atoms with E-state index in [1.165, 1.54) is 12.1 Å². The van der Waals surface area contributed by atoms with E-state index < -0.39 is 0 Å². The molecule has 2 N–H and O–H groups in total. The second-order valence-corrected chi connectivity index (χ2v) is 5.80. The summed E-state index contributed by atoms with van der Waals surface area (Å²) < 4.78 is 24.9.